The average Bonchev–Trinajstić information content (AvgIpc) is 2.98. The highest BCUT2D eigenvalue weighted by atomic mass is 16.2. The summed E-state index contributed by atoms with van der Waals surface area (Å²) in [6.07, 6.45) is 0. The van der Waals surface area contributed by atoms with Crippen LogP contribution in [0.1, 0.15) is 33.4 Å². The summed E-state index contributed by atoms with van der Waals surface area (Å²) in [5.41, 5.74) is 8.12. The fraction of sp³-hybridized carbons (Fsp3) is 0.185. The first-order valence-electron chi connectivity index (χ1n) is 10.4. The van der Waals surface area contributed by atoms with Gasteiger partial charge in [0.05, 0.1) is 11.3 Å². The highest BCUT2D eigenvalue weighted by molar-refractivity contribution is 6.46. The van der Waals surface area contributed by atoms with E-state index in [1.54, 1.807) is 0 Å². The van der Waals surface area contributed by atoms with Gasteiger partial charge in [0.15, 0.2) is 0 Å². The summed E-state index contributed by atoms with van der Waals surface area (Å²) in [5, 5.41) is 3.23. The standard InChI is InChI=1S/C27H26N2O2/c1-16-9-13-22(14-10-16)28-25-24(21-12-11-17(2)19(4)15-21)26(30)29(27(25)31)23-8-6-7-18(3)20(23)5/h6-15,28H,1-5H3. The lowest BCUT2D eigenvalue weighted by atomic mass is 9.99. The number of carbonyl (C=O) groups excluding carboxylic acids is 2. The van der Waals surface area contributed by atoms with Crippen molar-refractivity contribution >= 4 is 28.8 Å². The lowest BCUT2D eigenvalue weighted by Crippen LogP contribution is -2.33. The molecule has 4 rings (SSSR count). The fourth-order valence-electron chi connectivity index (χ4n) is 3.79. The van der Waals surface area contributed by atoms with Crippen LogP contribution in [0.5, 0.6) is 0 Å². The first-order valence-corrected chi connectivity index (χ1v) is 10.4. The summed E-state index contributed by atoms with van der Waals surface area (Å²) in [6.45, 7) is 9.97. The maximum absolute atomic E-state index is 13.6. The lowest BCUT2D eigenvalue weighted by molar-refractivity contribution is -0.120. The minimum Gasteiger partial charge on any atom is -0.350 e. The van der Waals surface area contributed by atoms with Gasteiger partial charge in [-0.1, -0.05) is 48.0 Å². The summed E-state index contributed by atoms with van der Waals surface area (Å²) in [7, 11) is 0. The quantitative estimate of drug-likeness (QED) is 0.568. The van der Waals surface area contributed by atoms with Crippen LogP contribution in [-0.2, 0) is 9.59 Å². The molecule has 2 amide bonds. The van der Waals surface area contributed by atoms with Gasteiger partial charge in [-0.3, -0.25) is 9.59 Å². The van der Waals surface area contributed by atoms with Crippen LogP contribution in [-0.4, -0.2) is 11.8 Å². The van der Waals surface area contributed by atoms with Crippen LogP contribution in [0.25, 0.3) is 5.57 Å². The molecule has 31 heavy (non-hydrogen) atoms. The molecule has 4 nitrogen and oxygen atoms in total. The van der Waals surface area contributed by atoms with Crippen LogP contribution in [0.3, 0.4) is 0 Å². The van der Waals surface area contributed by atoms with Gasteiger partial charge in [-0.25, -0.2) is 4.90 Å². The molecule has 4 heteroatoms. The Hall–Kier alpha value is -3.66. The Morgan fingerprint density at radius 1 is 0.710 bits per heavy atom. The lowest BCUT2D eigenvalue weighted by Gasteiger charge is -2.19. The highest BCUT2D eigenvalue weighted by Gasteiger charge is 2.41. The fourth-order valence-corrected chi connectivity index (χ4v) is 3.79. The number of rotatable bonds is 4. The van der Waals surface area contributed by atoms with Crippen LogP contribution in [0, 0.1) is 34.6 Å². The van der Waals surface area contributed by atoms with Crippen LogP contribution < -0.4 is 10.2 Å². The maximum Gasteiger partial charge on any atom is 0.282 e. The van der Waals surface area contributed by atoms with E-state index in [1.807, 2.05) is 95.3 Å². The van der Waals surface area contributed by atoms with Gasteiger partial charge in [0, 0.05) is 5.69 Å². The number of carbonyl (C=O) groups is 2. The van der Waals surface area contributed by atoms with E-state index in [2.05, 4.69) is 5.32 Å². The number of nitrogens with zero attached hydrogens (tertiary/aromatic N) is 1. The van der Waals surface area contributed by atoms with Crippen molar-refractivity contribution in [3.63, 3.8) is 0 Å². The Labute approximate surface area is 183 Å². The molecule has 0 aliphatic carbocycles. The third kappa shape index (κ3) is 3.66. The van der Waals surface area contributed by atoms with Crippen molar-refractivity contribution in [1.29, 1.82) is 0 Å². The average molecular weight is 411 g/mol. The minimum absolute atomic E-state index is 0.304. The van der Waals surface area contributed by atoms with E-state index in [-0.39, 0.29) is 11.8 Å². The summed E-state index contributed by atoms with van der Waals surface area (Å²) in [5.74, 6) is -0.649. The molecule has 0 unspecified atom stereocenters. The molecule has 0 saturated heterocycles. The molecule has 0 bridgehead atoms. The largest absolute Gasteiger partial charge is 0.350 e. The van der Waals surface area contributed by atoms with Gasteiger partial charge >= 0.3 is 0 Å². The van der Waals surface area contributed by atoms with Gasteiger partial charge < -0.3 is 5.32 Å². The first kappa shape index (κ1) is 20.6. The Morgan fingerprint density at radius 3 is 2.10 bits per heavy atom. The van der Waals surface area contributed by atoms with E-state index in [1.165, 1.54) is 4.90 Å². The molecule has 0 saturated carbocycles. The van der Waals surface area contributed by atoms with Crippen molar-refractivity contribution in [2.45, 2.75) is 34.6 Å². The zero-order valence-electron chi connectivity index (χ0n) is 18.5. The summed E-state index contributed by atoms with van der Waals surface area (Å²) in [6, 6.07) is 19.3. The number of aryl methyl sites for hydroxylation is 4. The van der Waals surface area contributed by atoms with Crippen molar-refractivity contribution in [3.05, 3.63) is 99.7 Å². The number of amides is 2. The zero-order chi connectivity index (χ0) is 22.3. The van der Waals surface area contributed by atoms with Gasteiger partial charge in [0.2, 0.25) is 0 Å². The second kappa shape index (κ2) is 7.88. The van der Waals surface area contributed by atoms with E-state index in [4.69, 9.17) is 0 Å². The molecule has 0 spiro atoms. The van der Waals surface area contributed by atoms with Crippen LogP contribution in [0.2, 0.25) is 0 Å². The number of nitrogens with one attached hydrogen (secondary N) is 1. The molecule has 3 aromatic rings. The zero-order valence-corrected chi connectivity index (χ0v) is 18.5. The third-order valence-electron chi connectivity index (χ3n) is 6.02. The van der Waals surface area contributed by atoms with E-state index in [0.717, 1.165) is 39.1 Å². The van der Waals surface area contributed by atoms with E-state index in [9.17, 15) is 9.59 Å². The van der Waals surface area contributed by atoms with Crippen molar-refractivity contribution < 1.29 is 9.59 Å². The topological polar surface area (TPSA) is 49.4 Å². The molecule has 156 valence electrons. The molecule has 0 fully saturated rings. The molecular formula is C27H26N2O2. The molecule has 3 aromatic carbocycles. The van der Waals surface area contributed by atoms with Crippen molar-refractivity contribution in [2.24, 2.45) is 0 Å². The predicted octanol–water partition coefficient (Wildman–Crippen LogP) is 5.63. The van der Waals surface area contributed by atoms with Crippen LogP contribution in [0.15, 0.2) is 66.4 Å². The normalized spacial score (nSPS) is 13.9. The Balaban J connectivity index is 1.87. The molecule has 1 heterocycles. The maximum atomic E-state index is 13.6. The molecule has 0 atom stereocenters. The SMILES string of the molecule is Cc1ccc(NC2=C(c3ccc(C)c(C)c3)C(=O)N(c3cccc(C)c3C)C2=O)cc1. The number of hydrogen-bond donors (Lipinski definition) is 1. The van der Waals surface area contributed by atoms with Crippen molar-refractivity contribution in [2.75, 3.05) is 10.2 Å². The van der Waals surface area contributed by atoms with Gasteiger partial charge in [0.25, 0.3) is 11.8 Å². The third-order valence-corrected chi connectivity index (χ3v) is 6.02. The number of hydrogen-bond acceptors (Lipinski definition) is 3. The van der Waals surface area contributed by atoms with Crippen molar-refractivity contribution in [3.8, 4) is 0 Å². The second-order valence-electron chi connectivity index (χ2n) is 8.20. The van der Waals surface area contributed by atoms with Gasteiger partial charge in [-0.05, 0) is 80.6 Å². The number of anilines is 2. The Bertz CT molecular complexity index is 1240. The van der Waals surface area contributed by atoms with E-state index >= 15 is 0 Å². The van der Waals surface area contributed by atoms with Gasteiger partial charge in [-0.15, -0.1) is 0 Å². The molecule has 1 aliphatic rings. The summed E-state index contributed by atoms with van der Waals surface area (Å²) in [4.78, 5) is 28.5. The minimum atomic E-state index is -0.340. The number of imide groups is 1. The molecule has 0 aromatic heterocycles. The second-order valence-corrected chi connectivity index (χ2v) is 8.20. The molecule has 1 N–H and O–H groups in total. The van der Waals surface area contributed by atoms with Crippen molar-refractivity contribution in [1.82, 2.24) is 0 Å². The highest BCUT2D eigenvalue weighted by Crippen LogP contribution is 2.36. The molecule has 0 radical (unpaired) electrons. The molecule has 1 aliphatic heterocycles. The van der Waals surface area contributed by atoms with Gasteiger partial charge in [0.1, 0.15) is 5.70 Å². The Kier molecular flexibility index (Phi) is 5.24. The van der Waals surface area contributed by atoms with E-state index in [0.29, 0.717) is 17.0 Å². The van der Waals surface area contributed by atoms with Crippen LogP contribution in [0.4, 0.5) is 11.4 Å². The summed E-state index contributed by atoms with van der Waals surface area (Å²) < 4.78 is 0. The monoisotopic (exact) mass is 410 g/mol. The number of benzene rings is 3. The summed E-state index contributed by atoms with van der Waals surface area (Å²) >= 11 is 0. The predicted molar refractivity (Wildman–Crippen MR) is 126 cm³/mol. The molecular weight excluding hydrogens is 384 g/mol. The van der Waals surface area contributed by atoms with E-state index < -0.39 is 0 Å². The van der Waals surface area contributed by atoms with Gasteiger partial charge in [-0.2, -0.15) is 0 Å². The first-order chi connectivity index (χ1) is 14.8. The smallest absolute Gasteiger partial charge is 0.282 e. The Morgan fingerprint density at radius 2 is 1.42 bits per heavy atom. The van der Waals surface area contributed by atoms with Crippen LogP contribution >= 0.6 is 0 Å².